The van der Waals surface area contributed by atoms with E-state index in [9.17, 15) is 0 Å². The van der Waals surface area contributed by atoms with Gasteiger partial charge < -0.3 is 24.8 Å². The molecule has 0 aromatic heterocycles. The van der Waals surface area contributed by atoms with Crippen LogP contribution in [0.25, 0.3) is 0 Å². The van der Waals surface area contributed by atoms with Crippen molar-refractivity contribution in [3.05, 3.63) is 59.7 Å². The van der Waals surface area contributed by atoms with Gasteiger partial charge in [-0.1, -0.05) is 77.0 Å². The average molecular weight is 485 g/mol. The largest absolute Gasteiger partial charge is 4.00 e. The molecule has 2 aliphatic rings. The molecule has 0 saturated heterocycles. The third-order valence-corrected chi connectivity index (χ3v) is 5.96. The van der Waals surface area contributed by atoms with Crippen molar-refractivity contribution < 1.29 is 51.0 Å². The zero-order valence-corrected chi connectivity index (χ0v) is 20.5. The molecule has 0 unspecified atom stereocenters. The molecule has 0 N–H and O–H groups in total. The third-order valence-electron chi connectivity index (χ3n) is 5.96. The first-order valence-electron chi connectivity index (χ1n) is 10.3. The number of rotatable bonds is 4. The van der Waals surface area contributed by atoms with Crippen molar-refractivity contribution in [2.75, 3.05) is 0 Å². The van der Waals surface area contributed by atoms with Gasteiger partial charge in [0.2, 0.25) is 0 Å². The summed E-state index contributed by atoms with van der Waals surface area (Å²) in [5.41, 5.74) is 3.09. The second-order valence-corrected chi connectivity index (χ2v) is 8.00. The van der Waals surface area contributed by atoms with Gasteiger partial charge in [0.15, 0.2) is 0 Å². The first kappa shape index (κ1) is 27.2. The second-order valence-electron chi connectivity index (χ2n) is 8.00. The van der Waals surface area contributed by atoms with E-state index < -0.39 is 0 Å². The van der Waals surface area contributed by atoms with Crippen LogP contribution in [0.5, 0.6) is 0 Å². The molecule has 0 nitrogen and oxygen atoms in total. The van der Waals surface area contributed by atoms with Crippen LogP contribution < -0.4 is 24.8 Å². The molecule has 148 valence electrons. The minimum absolute atomic E-state index is 0. The fourth-order valence-electron chi connectivity index (χ4n) is 4.55. The van der Waals surface area contributed by atoms with Gasteiger partial charge in [-0.2, -0.15) is 35.4 Å². The quantitative estimate of drug-likeness (QED) is 0.570. The predicted molar refractivity (Wildman–Crippen MR) is 105 cm³/mol. The van der Waals surface area contributed by atoms with E-state index in [4.69, 9.17) is 0 Å². The maximum Gasteiger partial charge on any atom is 4.00 e. The molecule has 2 saturated carbocycles. The smallest absolute Gasteiger partial charge is 1.00 e. The maximum absolute atomic E-state index is 2.26. The van der Waals surface area contributed by atoms with Gasteiger partial charge in [-0.25, -0.2) is 24.3 Å². The summed E-state index contributed by atoms with van der Waals surface area (Å²) in [5, 5.41) is 0. The van der Waals surface area contributed by atoms with Gasteiger partial charge in [0, 0.05) is 0 Å². The predicted octanol–water partition coefficient (Wildman–Crippen LogP) is 1.06. The summed E-state index contributed by atoms with van der Waals surface area (Å²) in [6.07, 6.45) is 17.3. The van der Waals surface area contributed by atoms with Crippen LogP contribution >= 0.6 is 0 Å². The second kappa shape index (κ2) is 16.0. The normalized spacial score (nSPS) is 17.5. The van der Waals surface area contributed by atoms with Gasteiger partial charge >= 0.3 is 26.2 Å². The van der Waals surface area contributed by atoms with Crippen LogP contribution in [0.1, 0.15) is 75.3 Å². The van der Waals surface area contributed by atoms with E-state index in [1.54, 1.807) is 11.1 Å². The van der Waals surface area contributed by atoms with Crippen LogP contribution in [0.3, 0.4) is 0 Å². The summed E-state index contributed by atoms with van der Waals surface area (Å²) in [5.74, 6) is 1.97. The molecule has 2 fully saturated rings. The average Bonchev–Trinajstić information content (AvgIpc) is 3.32. The molecule has 3 heteroatoms. The van der Waals surface area contributed by atoms with Gasteiger partial charge in [-0.3, -0.25) is 0 Å². The number of hydrogen-bond donors (Lipinski definition) is 0. The molecule has 0 heterocycles. The Morgan fingerprint density at radius 2 is 0.815 bits per heavy atom. The van der Waals surface area contributed by atoms with Gasteiger partial charge in [0.1, 0.15) is 0 Å². The van der Waals surface area contributed by atoms with Crippen molar-refractivity contribution in [2.45, 2.75) is 77.0 Å². The van der Waals surface area contributed by atoms with E-state index in [0.29, 0.717) is 0 Å². The van der Waals surface area contributed by atoms with Gasteiger partial charge in [-0.05, 0) is 11.8 Å². The van der Waals surface area contributed by atoms with Crippen LogP contribution in [0.15, 0.2) is 48.5 Å². The molecule has 0 aliphatic heterocycles. The monoisotopic (exact) mass is 482 g/mol. The van der Waals surface area contributed by atoms with Crippen molar-refractivity contribution in [2.24, 2.45) is 11.8 Å². The Morgan fingerprint density at radius 1 is 0.519 bits per heavy atom. The van der Waals surface area contributed by atoms with Gasteiger partial charge in [0.25, 0.3) is 0 Å². The fourth-order valence-corrected chi connectivity index (χ4v) is 4.55. The summed E-state index contributed by atoms with van der Waals surface area (Å²) >= 11 is 0. The van der Waals surface area contributed by atoms with Crippen LogP contribution in [-0.4, -0.2) is 0 Å². The zero-order chi connectivity index (χ0) is 16.5. The van der Waals surface area contributed by atoms with E-state index in [1.165, 1.54) is 77.0 Å². The van der Waals surface area contributed by atoms with Crippen molar-refractivity contribution in [1.29, 1.82) is 0 Å². The standard InChI is InChI=1S/2C12H17.2ClH.Zr/c2*1-2-6-11(7-3-1)10-12-8-4-5-9-12;;;/h2*4-5,8-9,11H,1-3,6-7,10H2;2*1H;/q2*-1;;;+4/p-2. The summed E-state index contributed by atoms with van der Waals surface area (Å²) in [6, 6.07) is 17.6. The first-order valence-corrected chi connectivity index (χ1v) is 10.3. The van der Waals surface area contributed by atoms with Crippen LogP contribution in [0, 0.1) is 11.8 Å². The summed E-state index contributed by atoms with van der Waals surface area (Å²) in [6.45, 7) is 0. The minimum Gasteiger partial charge on any atom is -1.00 e. The first-order chi connectivity index (χ1) is 11.9. The molecule has 0 radical (unpaired) electrons. The SMILES string of the molecule is [Cl-].[Cl-].[Zr+4].c1cc[c-](CC2CCCCC2)c1.c1cc[c-](CC2CCCCC2)c1. The molecule has 2 aliphatic carbocycles. The third kappa shape index (κ3) is 10.5. The number of halogens is 2. The summed E-state index contributed by atoms with van der Waals surface area (Å²) in [4.78, 5) is 0. The van der Waals surface area contributed by atoms with Crippen LogP contribution in [-0.2, 0) is 39.0 Å². The van der Waals surface area contributed by atoms with E-state index in [1.807, 2.05) is 0 Å². The molecular formula is C24H34Cl2Zr. The van der Waals surface area contributed by atoms with Gasteiger partial charge in [0.05, 0.1) is 0 Å². The number of hydrogen-bond acceptors (Lipinski definition) is 0. The Bertz CT molecular complexity index is 470. The molecule has 27 heavy (non-hydrogen) atoms. The fraction of sp³-hybridized carbons (Fsp3) is 0.583. The molecule has 0 spiro atoms. The van der Waals surface area contributed by atoms with Crippen LogP contribution in [0.4, 0.5) is 0 Å². The molecule has 4 rings (SSSR count). The zero-order valence-electron chi connectivity index (χ0n) is 16.5. The Kier molecular flexibility index (Phi) is 16.1. The Hall–Kier alpha value is 0.163. The van der Waals surface area contributed by atoms with Crippen molar-refractivity contribution >= 4 is 0 Å². The van der Waals surface area contributed by atoms with E-state index in [2.05, 4.69) is 48.5 Å². The molecule has 0 atom stereocenters. The molecular weight excluding hydrogens is 450 g/mol. The van der Waals surface area contributed by atoms with E-state index >= 15 is 0 Å². The van der Waals surface area contributed by atoms with E-state index in [-0.39, 0.29) is 51.0 Å². The van der Waals surface area contributed by atoms with Gasteiger partial charge in [-0.15, -0.1) is 0 Å². The van der Waals surface area contributed by atoms with Crippen molar-refractivity contribution in [3.63, 3.8) is 0 Å². The molecule has 2 aromatic carbocycles. The summed E-state index contributed by atoms with van der Waals surface area (Å²) in [7, 11) is 0. The molecule has 0 amide bonds. The van der Waals surface area contributed by atoms with Crippen molar-refractivity contribution in [1.82, 2.24) is 0 Å². The summed E-state index contributed by atoms with van der Waals surface area (Å²) < 4.78 is 0. The molecule has 0 bridgehead atoms. The Balaban J connectivity index is 0.000000451. The minimum atomic E-state index is 0. The topological polar surface area (TPSA) is 0 Å². The van der Waals surface area contributed by atoms with Crippen LogP contribution in [0.2, 0.25) is 0 Å². The van der Waals surface area contributed by atoms with Crippen molar-refractivity contribution in [3.8, 4) is 0 Å². The maximum atomic E-state index is 2.26. The Morgan fingerprint density at radius 3 is 1.11 bits per heavy atom. The Labute approximate surface area is 198 Å². The van der Waals surface area contributed by atoms with E-state index in [0.717, 1.165) is 11.8 Å². The molecule has 2 aromatic rings.